The first-order chi connectivity index (χ1) is 8.22. The van der Waals surface area contributed by atoms with Crippen LogP contribution in [0.5, 0.6) is 0 Å². The van der Waals surface area contributed by atoms with Gasteiger partial charge in [-0.25, -0.2) is 9.97 Å². The number of aromatic nitrogens is 4. The summed E-state index contributed by atoms with van der Waals surface area (Å²) < 4.78 is 2.64. The molecule has 0 aliphatic rings. The molecule has 6 nitrogen and oxygen atoms in total. The fourth-order valence-electron chi connectivity index (χ4n) is 1.42. The molecule has 2 aromatic rings. The van der Waals surface area contributed by atoms with Crippen LogP contribution in [0.1, 0.15) is 5.69 Å². The molecule has 2 heterocycles. The Hall–Kier alpha value is -1.63. The van der Waals surface area contributed by atoms with Crippen molar-refractivity contribution in [3.63, 3.8) is 0 Å². The zero-order chi connectivity index (χ0) is 12.3. The molecule has 0 radical (unpaired) electrons. The zero-order valence-electron chi connectivity index (χ0n) is 9.61. The number of hydrogen-bond donors (Lipinski definition) is 2. The van der Waals surface area contributed by atoms with Gasteiger partial charge in [0.05, 0.1) is 12.2 Å². The van der Waals surface area contributed by atoms with Gasteiger partial charge in [0.25, 0.3) is 0 Å². The summed E-state index contributed by atoms with van der Waals surface area (Å²) in [5.41, 5.74) is 1.08. The lowest BCUT2D eigenvalue weighted by Gasteiger charge is -2.09. The van der Waals surface area contributed by atoms with Gasteiger partial charge in [0.15, 0.2) is 0 Å². The van der Waals surface area contributed by atoms with Crippen LogP contribution in [0.4, 0.5) is 11.6 Å². The van der Waals surface area contributed by atoms with E-state index >= 15 is 0 Å². The Labute approximate surface area is 108 Å². The highest BCUT2D eigenvalue weighted by Gasteiger charge is 2.07. The molecule has 0 saturated heterocycles. The summed E-state index contributed by atoms with van der Waals surface area (Å²) in [5, 5.41) is 10.3. The minimum Gasteiger partial charge on any atom is -0.372 e. The zero-order valence-corrected chi connectivity index (χ0v) is 11.2. The first kappa shape index (κ1) is 11.8. The average molecular weight is 297 g/mol. The van der Waals surface area contributed by atoms with Crippen molar-refractivity contribution in [2.75, 3.05) is 17.7 Å². The lowest BCUT2D eigenvalue weighted by atomic mass is 10.4. The van der Waals surface area contributed by atoms with Crippen LogP contribution in [0.2, 0.25) is 0 Å². The molecular weight excluding hydrogens is 284 g/mol. The molecule has 7 heteroatoms. The summed E-state index contributed by atoms with van der Waals surface area (Å²) >= 11 is 3.45. The molecule has 90 valence electrons. The van der Waals surface area contributed by atoms with E-state index in [4.69, 9.17) is 0 Å². The van der Waals surface area contributed by atoms with Gasteiger partial charge < -0.3 is 10.6 Å². The van der Waals surface area contributed by atoms with Crippen LogP contribution in [0, 0.1) is 0 Å². The highest BCUT2D eigenvalue weighted by Crippen LogP contribution is 2.26. The maximum absolute atomic E-state index is 4.18. The minimum atomic E-state index is 0.662. The molecule has 2 rings (SSSR count). The predicted molar refractivity (Wildman–Crippen MR) is 69.8 cm³/mol. The number of hydrogen-bond acceptors (Lipinski definition) is 5. The largest absolute Gasteiger partial charge is 0.372 e. The Bertz CT molecular complexity index is 509. The van der Waals surface area contributed by atoms with Crippen LogP contribution in [-0.2, 0) is 13.6 Å². The lowest BCUT2D eigenvalue weighted by molar-refractivity contribution is 0.719. The fourth-order valence-corrected chi connectivity index (χ4v) is 1.96. The first-order valence-electron chi connectivity index (χ1n) is 5.11. The molecule has 0 aliphatic heterocycles. The van der Waals surface area contributed by atoms with E-state index < -0.39 is 0 Å². The summed E-state index contributed by atoms with van der Waals surface area (Å²) in [5.74, 6) is 1.51. The monoisotopic (exact) mass is 296 g/mol. The number of halogens is 1. The van der Waals surface area contributed by atoms with E-state index in [0.29, 0.717) is 6.54 Å². The van der Waals surface area contributed by atoms with E-state index in [1.54, 1.807) is 6.20 Å². The van der Waals surface area contributed by atoms with E-state index in [2.05, 4.69) is 41.6 Å². The molecule has 17 heavy (non-hydrogen) atoms. The van der Waals surface area contributed by atoms with Crippen LogP contribution in [0.15, 0.2) is 23.1 Å². The van der Waals surface area contributed by atoms with Crippen molar-refractivity contribution in [1.29, 1.82) is 0 Å². The van der Waals surface area contributed by atoms with Gasteiger partial charge in [-0.2, -0.15) is 5.10 Å². The molecule has 0 fully saturated rings. The van der Waals surface area contributed by atoms with Gasteiger partial charge in [0, 0.05) is 20.3 Å². The molecule has 0 spiro atoms. The Morgan fingerprint density at radius 2 is 2.12 bits per heavy atom. The average Bonchev–Trinajstić information content (AvgIpc) is 2.74. The molecule has 2 N–H and O–H groups in total. The van der Waals surface area contributed by atoms with Gasteiger partial charge in [0.2, 0.25) is 0 Å². The maximum Gasteiger partial charge on any atom is 0.146 e. The Morgan fingerprint density at radius 3 is 2.76 bits per heavy atom. The van der Waals surface area contributed by atoms with E-state index in [1.165, 1.54) is 6.33 Å². The summed E-state index contributed by atoms with van der Waals surface area (Å²) in [6.45, 7) is 0.662. The summed E-state index contributed by atoms with van der Waals surface area (Å²) in [6.07, 6.45) is 3.28. The van der Waals surface area contributed by atoms with Gasteiger partial charge >= 0.3 is 0 Å². The van der Waals surface area contributed by atoms with Gasteiger partial charge in [-0.3, -0.25) is 4.68 Å². The van der Waals surface area contributed by atoms with Crippen molar-refractivity contribution in [3.8, 4) is 0 Å². The topological polar surface area (TPSA) is 67.7 Å². The van der Waals surface area contributed by atoms with Crippen LogP contribution in [0.25, 0.3) is 0 Å². The molecule has 0 aliphatic carbocycles. The number of nitrogens with one attached hydrogen (secondary N) is 2. The molecule has 0 atom stereocenters. The smallest absolute Gasteiger partial charge is 0.146 e. The maximum atomic E-state index is 4.18. The molecular formula is C10H13BrN6. The van der Waals surface area contributed by atoms with Gasteiger partial charge in [-0.15, -0.1) is 0 Å². The van der Waals surface area contributed by atoms with E-state index in [0.717, 1.165) is 21.8 Å². The van der Waals surface area contributed by atoms with Gasteiger partial charge in [-0.05, 0) is 22.0 Å². The molecule has 0 aromatic carbocycles. The molecule has 0 amide bonds. The quantitative estimate of drug-likeness (QED) is 0.897. The standard InChI is InChI=1S/C10H13BrN6/c1-12-9-8(11)10(15-6-14-9)13-5-7-3-4-16-17(7)2/h3-4,6H,5H2,1-2H3,(H2,12,13,14,15). The number of nitrogens with zero attached hydrogens (tertiary/aromatic N) is 4. The minimum absolute atomic E-state index is 0.662. The third-order valence-electron chi connectivity index (χ3n) is 2.39. The SMILES string of the molecule is CNc1ncnc(NCc2ccnn2C)c1Br. The molecule has 0 unspecified atom stereocenters. The Morgan fingerprint density at radius 1 is 1.35 bits per heavy atom. The number of rotatable bonds is 4. The van der Waals surface area contributed by atoms with Crippen LogP contribution < -0.4 is 10.6 Å². The summed E-state index contributed by atoms with van der Waals surface area (Å²) in [4.78, 5) is 8.27. The highest BCUT2D eigenvalue weighted by atomic mass is 79.9. The second-order valence-corrected chi connectivity index (χ2v) is 4.23. The first-order valence-corrected chi connectivity index (χ1v) is 5.90. The fraction of sp³-hybridized carbons (Fsp3) is 0.300. The van der Waals surface area contributed by atoms with E-state index in [9.17, 15) is 0 Å². The van der Waals surface area contributed by atoms with Crippen molar-refractivity contribution >= 4 is 27.6 Å². The van der Waals surface area contributed by atoms with Crippen LogP contribution >= 0.6 is 15.9 Å². The second-order valence-electron chi connectivity index (χ2n) is 3.43. The molecule has 0 saturated carbocycles. The third kappa shape index (κ3) is 2.55. The second kappa shape index (κ2) is 5.13. The summed E-state index contributed by atoms with van der Waals surface area (Å²) in [6, 6.07) is 1.96. The molecule has 0 bridgehead atoms. The van der Waals surface area contributed by atoms with Crippen molar-refractivity contribution in [2.45, 2.75) is 6.54 Å². The van der Waals surface area contributed by atoms with Crippen molar-refractivity contribution in [2.24, 2.45) is 7.05 Å². The Balaban J connectivity index is 2.12. The van der Waals surface area contributed by atoms with Gasteiger partial charge in [-0.1, -0.05) is 0 Å². The van der Waals surface area contributed by atoms with E-state index in [-0.39, 0.29) is 0 Å². The van der Waals surface area contributed by atoms with Crippen molar-refractivity contribution in [3.05, 3.63) is 28.8 Å². The lowest BCUT2D eigenvalue weighted by Crippen LogP contribution is -2.08. The van der Waals surface area contributed by atoms with Crippen LogP contribution in [-0.4, -0.2) is 26.8 Å². The van der Waals surface area contributed by atoms with Crippen LogP contribution in [0.3, 0.4) is 0 Å². The number of anilines is 2. The molecule has 2 aromatic heterocycles. The predicted octanol–water partition coefficient (Wildman–Crippen LogP) is 1.63. The van der Waals surface area contributed by atoms with Crippen molar-refractivity contribution < 1.29 is 0 Å². The van der Waals surface area contributed by atoms with E-state index in [1.807, 2.05) is 24.8 Å². The highest BCUT2D eigenvalue weighted by molar-refractivity contribution is 9.10. The normalized spacial score (nSPS) is 10.3. The third-order valence-corrected chi connectivity index (χ3v) is 3.14. The summed E-state index contributed by atoms with van der Waals surface area (Å²) in [7, 11) is 3.73. The van der Waals surface area contributed by atoms with Crippen molar-refractivity contribution in [1.82, 2.24) is 19.7 Å². The van der Waals surface area contributed by atoms with Gasteiger partial charge in [0.1, 0.15) is 22.4 Å². The number of aryl methyl sites for hydroxylation is 1. The Kier molecular flexibility index (Phi) is 3.58.